The van der Waals surface area contributed by atoms with Gasteiger partial charge in [0.2, 0.25) is 0 Å². The predicted octanol–water partition coefficient (Wildman–Crippen LogP) is 3.12. The van der Waals surface area contributed by atoms with Gasteiger partial charge in [-0.3, -0.25) is 0 Å². The summed E-state index contributed by atoms with van der Waals surface area (Å²) in [5, 5.41) is 9.21. The van der Waals surface area contributed by atoms with Crippen LogP contribution in [0.3, 0.4) is 0 Å². The summed E-state index contributed by atoms with van der Waals surface area (Å²) < 4.78 is 0. The lowest BCUT2D eigenvalue weighted by molar-refractivity contribution is 0.0604. The molecule has 1 heteroatoms. The molecule has 0 aromatic carbocycles. The fraction of sp³-hybridized carbons (Fsp3) is 1.00. The van der Waals surface area contributed by atoms with Gasteiger partial charge in [0.1, 0.15) is 0 Å². The largest absolute Gasteiger partial charge is 0.396 e. The van der Waals surface area contributed by atoms with E-state index in [1.165, 1.54) is 57.8 Å². The van der Waals surface area contributed by atoms with Crippen LogP contribution in [0.5, 0.6) is 0 Å². The Morgan fingerprint density at radius 3 is 2.38 bits per heavy atom. The molecule has 1 spiro atoms. The van der Waals surface area contributed by atoms with E-state index in [-0.39, 0.29) is 0 Å². The second-order valence-corrected chi connectivity index (χ2v) is 5.21. The molecule has 2 aliphatic carbocycles. The molecule has 0 aliphatic heterocycles. The molecule has 0 amide bonds. The number of hydrogen-bond donors (Lipinski definition) is 1. The standard InChI is InChI=1S/C12H22O/c13-10-11-5-4-8-12(9-11)6-2-1-3-7-12/h11,13H,1-10H2. The van der Waals surface area contributed by atoms with Gasteiger partial charge < -0.3 is 5.11 Å². The minimum absolute atomic E-state index is 0.432. The van der Waals surface area contributed by atoms with Crippen molar-refractivity contribution in [2.24, 2.45) is 11.3 Å². The Morgan fingerprint density at radius 2 is 1.69 bits per heavy atom. The fourth-order valence-electron chi connectivity index (χ4n) is 3.49. The van der Waals surface area contributed by atoms with Crippen LogP contribution in [0.1, 0.15) is 57.8 Å². The topological polar surface area (TPSA) is 20.2 Å². The van der Waals surface area contributed by atoms with E-state index >= 15 is 0 Å². The molecule has 1 atom stereocenters. The zero-order valence-electron chi connectivity index (χ0n) is 8.60. The van der Waals surface area contributed by atoms with Crippen LogP contribution in [0.2, 0.25) is 0 Å². The van der Waals surface area contributed by atoms with Crippen molar-refractivity contribution in [1.29, 1.82) is 0 Å². The van der Waals surface area contributed by atoms with Crippen molar-refractivity contribution >= 4 is 0 Å². The van der Waals surface area contributed by atoms with Gasteiger partial charge in [0.25, 0.3) is 0 Å². The predicted molar refractivity (Wildman–Crippen MR) is 54.6 cm³/mol. The molecular weight excluding hydrogens is 160 g/mol. The first-order valence-corrected chi connectivity index (χ1v) is 5.96. The highest BCUT2D eigenvalue weighted by atomic mass is 16.3. The van der Waals surface area contributed by atoms with Crippen molar-refractivity contribution in [3.63, 3.8) is 0 Å². The molecule has 2 aliphatic rings. The first-order chi connectivity index (χ1) is 6.35. The lowest BCUT2D eigenvalue weighted by atomic mass is 9.63. The molecule has 0 heterocycles. The Bertz CT molecular complexity index is 153. The van der Waals surface area contributed by atoms with E-state index in [1.54, 1.807) is 0 Å². The van der Waals surface area contributed by atoms with Crippen molar-refractivity contribution in [3.05, 3.63) is 0 Å². The molecule has 0 saturated heterocycles. The van der Waals surface area contributed by atoms with Gasteiger partial charge in [-0.1, -0.05) is 25.7 Å². The lowest BCUT2D eigenvalue weighted by Crippen LogP contribution is -2.32. The van der Waals surface area contributed by atoms with Crippen molar-refractivity contribution in [1.82, 2.24) is 0 Å². The summed E-state index contributed by atoms with van der Waals surface area (Å²) in [6.07, 6.45) is 12.6. The molecular formula is C12H22O. The first kappa shape index (κ1) is 9.51. The van der Waals surface area contributed by atoms with Gasteiger partial charge in [-0.15, -0.1) is 0 Å². The van der Waals surface area contributed by atoms with Crippen LogP contribution in [0.15, 0.2) is 0 Å². The molecule has 1 unspecified atom stereocenters. The highest BCUT2D eigenvalue weighted by Crippen LogP contribution is 2.48. The zero-order chi connectivity index (χ0) is 9.15. The number of aliphatic hydroxyl groups excluding tert-OH is 1. The van der Waals surface area contributed by atoms with Crippen LogP contribution < -0.4 is 0 Å². The molecule has 76 valence electrons. The second-order valence-electron chi connectivity index (χ2n) is 5.21. The molecule has 2 rings (SSSR count). The zero-order valence-corrected chi connectivity index (χ0v) is 8.60. The van der Waals surface area contributed by atoms with Crippen LogP contribution in [0, 0.1) is 11.3 Å². The maximum Gasteiger partial charge on any atom is 0.0459 e. The second kappa shape index (κ2) is 4.00. The van der Waals surface area contributed by atoms with Crippen LogP contribution in [0.4, 0.5) is 0 Å². The summed E-state index contributed by atoms with van der Waals surface area (Å²) in [6.45, 7) is 0.432. The van der Waals surface area contributed by atoms with Gasteiger partial charge in [-0.2, -0.15) is 0 Å². The maximum absolute atomic E-state index is 9.21. The maximum atomic E-state index is 9.21. The van der Waals surface area contributed by atoms with E-state index in [0.717, 1.165) is 0 Å². The molecule has 0 bridgehead atoms. The molecule has 13 heavy (non-hydrogen) atoms. The Hall–Kier alpha value is -0.0400. The molecule has 2 saturated carbocycles. The average molecular weight is 182 g/mol. The smallest absolute Gasteiger partial charge is 0.0459 e. The van der Waals surface area contributed by atoms with E-state index in [1.807, 2.05) is 0 Å². The number of aliphatic hydroxyl groups is 1. The number of rotatable bonds is 1. The highest BCUT2D eigenvalue weighted by molar-refractivity contribution is 4.88. The van der Waals surface area contributed by atoms with Gasteiger partial charge >= 0.3 is 0 Å². The van der Waals surface area contributed by atoms with Gasteiger partial charge in [-0.05, 0) is 43.4 Å². The quantitative estimate of drug-likeness (QED) is 0.660. The summed E-state index contributed by atoms with van der Waals surface area (Å²) in [5.74, 6) is 0.631. The van der Waals surface area contributed by atoms with E-state index in [2.05, 4.69) is 0 Å². The van der Waals surface area contributed by atoms with Crippen molar-refractivity contribution in [2.45, 2.75) is 57.8 Å². The highest BCUT2D eigenvalue weighted by Gasteiger charge is 2.36. The summed E-state index contributed by atoms with van der Waals surface area (Å²) in [7, 11) is 0. The van der Waals surface area contributed by atoms with Gasteiger partial charge in [-0.25, -0.2) is 0 Å². The Morgan fingerprint density at radius 1 is 1.00 bits per heavy atom. The van der Waals surface area contributed by atoms with Gasteiger partial charge in [0.15, 0.2) is 0 Å². The Labute approximate surface area is 81.5 Å². The molecule has 2 fully saturated rings. The fourth-order valence-corrected chi connectivity index (χ4v) is 3.49. The third-order valence-corrected chi connectivity index (χ3v) is 4.21. The summed E-state index contributed by atoms with van der Waals surface area (Å²) in [6, 6.07) is 0. The van der Waals surface area contributed by atoms with E-state index in [9.17, 15) is 5.11 Å². The number of hydrogen-bond acceptors (Lipinski definition) is 1. The molecule has 0 aromatic rings. The van der Waals surface area contributed by atoms with E-state index < -0.39 is 0 Å². The normalized spacial score (nSPS) is 33.5. The van der Waals surface area contributed by atoms with E-state index in [4.69, 9.17) is 0 Å². The van der Waals surface area contributed by atoms with Crippen LogP contribution >= 0.6 is 0 Å². The molecule has 1 N–H and O–H groups in total. The minimum Gasteiger partial charge on any atom is -0.396 e. The molecule has 1 nitrogen and oxygen atoms in total. The third kappa shape index (κ3) is 2.07. The van der Waals surface area contributed by atoms with Crippen molar-refractivity contribution in [3.8, 4) is 0 Å². The summed E-state index contributed by atoms with van der Waals surface area (Å²) in [5.41, 5.74) is 0.671. The first-order valence-electron chi connectivity index (χ1n) is 5.96. The average Bonchev–Trinajstić information content (AvgIpc) is 2.19. The minimum atomic E-state index is 0.432. The van der Waals surface area contributed by atoms with Crippen molar-refractivity contribution in [2.75, 3.05) is 6.61 Å². The Balaban J connectivity index is 1.95. The molecule has 0 aromatic heterocycles. The molecule has 0 radical (unpaired) electrons. The van der Waals surface area contributed by atoms with Gasteiger partial charge in [0, 0.05) is 6.61 Å². The summed E-state index contributed by atoms with van der Waals surface area (Å²) >= 11 is 0. The Kier molecular flexibility index (Phi) is 2.92. The lowest BCUT2D eigenvalue weighted by Gasteiger charge is -2.43. The van der Waals surface area contributed by atoms with E-state index in [0.29, 0.717) is 17.9 Å². The monoisotopic (exact) mass is 182 g/mol. The van der Waals surface area contributed by atoms with Gasteiger partial charge in [0.05, 0.1) is 0 Å². The van der Waals surface area contributed by atoms with Crippen molar-refractivity contribution < 1.29 is 5.11 Å². The van der Waals surface area contributed by atoms with Crippen LogP contribution in [-0.4, -0.2) is 11.7 Å². The van der Waals surface area contributed by atoms with Crippen LogP contribution in [0.25, 0.3) is 0 Å². The van der Waals surface area contributed by atoms with Crippen LogP contribution in [-0.2, 0) is 0 Å². The SMILES string of the molecule is OCC1CCCC2(CCCCC2)C1. The summed E-state index contributed by atoms with van der Waals surface area (Å²) in [4.78, 5) is 0. The third-order valence-electron chi connectivity index (χ3n) is 4.21.